The van der Waals surface area contributed by atoms with Gasteiger partial charge in [0.05, 0.1) is 25.4 Å². The first kappa shape index (κ1) is 12.5. The molecule has 0 atom stereocenters. The number of rotatable bonds is 2. The molecule has 0 aliphatic heterocycles. The molecule has 0 aromatic heterocycles. The molecule has 0 bridgehead atoms. The van der Waals surface area contributed by atoms with E-state index in [4.69, 9.17) is 4.74 Å². The molecule has 0 aromatic carbocycles. The van der Waals surface area contributed by atoms with Crippen LogP contribution in [0, 0.1) is 5.41 Å². The van der Waals surface area contributed by atoms with Crippen LogP contribution in [0.15, 0.2) is 23.3 Å². The minimum Gasteiger partial charge on any atom is -0.466 e. The van der Waals surface area contributed by atoms with E-state index in [9.17, 15) is 9.59 Å². The van der Waals surface area contributed by atoms with Crippen LogP contribution >= 0.6 is 0 Å². The van der Waals surface area contributed by atoms with Crippen molar-refractivity contribution in [3.05, 3.63) is 23.3 Å². The third-order valence-corrected chi connectivity index (χ3v) is 2.62. The molecule has 0 N–H and O–H groups in total. The molecule has 4 nitrogen and oxygen atoms in total. The molecule has 0 fully saturated rings. The van der Waals surface area contributed by atoms with E-state index in [-0.39, 0.29) is 0 Å². The second-order valence-corrected chi connectivity index (χ2v) is 4.16. The Morgan fingerprint density at radius 3 is 2.25 bits per heavy atom. The van der Waals surface area contributed by atoms with E-state index in [0.717, 1.165) is 0 Å². The van der Waals surface area contributed by atoms with Crippen LogP contribution in [0.2, 0.25) is 0 Å². The van der Waals surface area contributed by atoms with Crippen LogP contribution in [0.25, 0.3) is 0 Å². The van der Waals surface area contributed by atoms with Crippen LogP contribution in [0.3, 0.4) is 0 Å². The number of hydrogen-bond acceptors (Lipinski definition) is 4. The van der Waals surface area contributed by atoms with Crippen molar-refractivity contribution in [1.82, 2.24) is 0 Å². The van der Waals surface area contributed by atoms with Gasteiger partial charge in [-0.3, -0.25) is 0 Å². The molecule has 88 valence electrons. The first-order valence-corrected chi connectivity index (χ1v) is 5.02. The molecule has 1 rings (SSSR count). The Balaban J connectivity index is 3.28. The van der Waals surface area contributed by atoms with Gasteiger partial charge in [0, 0.05) is 5.41 Å². The van der Waals surface area contributed by atoms with E-state index in [2.05, 4.69) is 4.74 Å². The maximum atomic E-state index is 11.7. The van der Waals surface area contributed by atoms with Crippen molar-refractivity contribution in [2.75, 3.05) is 14.2 Å². The Labute approximate surface area is 94.9 Å². The SMILES string of the molecule is COC(=O)C1=C(C(=O)OC)C(C)(C)C=CC1. The maximum absolute atomic E-state index is 11.7. The zero-order valence-electron chi connectivity index (χ0n) is 9.99. The smallest absolute Gasteiger partial charge is 0.335 e. The summed E-state index contributed by atoms with van der Waals surface area (Å²) in [6, 6.07) is 0. The zero-order valence-corrected chi connectivity index (χ0v) is 9.99. The van der Waals surface area contributed by atoms with E-state index >= 15 is 0 Å². The minimum absolute atomic E-state index is 0.377. The average molecular weight is 224 g/mol. The fraction of sp³-hybridized carbons (Fsp3) is 0.500. The fourth-order valence-corrected chi connectivity index (χ4v) is 1.84. The number of allylic oxidation sites excluding steroid dienone is 2. The van der Waals surface area contributed by atoms with Crippen molar-refractivity contribution in [2.24, 2.45) is 5.41 Å². The lowest BCUT2D eigenvalue weighted by Crippen LogP contribution is -2.27. The monoisotopic (exact) mass is 224 g/mol. The van der Waals surface area contributed by atoms with Crippen LogP contribution in [-0.2, 0) is 19.1 Å². The van der Waals surface area contributed by atoms with Gasteiger partial charge in [0.2, 0.25) is 0 Å². The van der Waals surface area contributed by atoms with Gasteiger partial charge in [0.15, 0.2) is 0 Å². The number of esters is 2. The summed E-state index contributed by atoms with van der Waals surface area (Å²) in [6.45, 7) is 3.72. The molecule has 0 radical (unpaired) electrons. The quantitative estimate of drug-likeness (QED) is 0.528. The van der Waals surface area contributed by atoms with Gasteiger partial charge in [0.1, 0.15) is 0 Å². The summed E-state index contributed by atoms with van der Waals surface area (Å²) < 4.78 is 9.38. The zero-order chi connectivity index (χ0) is 12.3. The summed E-state index contributed by atoms with van der Waals surface area (Å²) in [7, 11) is 2.61. The van der Waals surface area contributed by atoms with Crippen LogP contribution < -0.4 is 0 Å². The maximum Gasteiger partial charge on any atom is 0.335 e. The predicted molar refractivity (Wildman–Crippen MR) is 58.6 cm³/mol. The third-order valence-electron chi connectivity index (χ3n) is 2.62. The molecular formula is C12H16O4. The highest BCUT2D eigenvalue weighted by molar-refractivity contribution is 6.02. The normalized spacial score (nSPS) is 18.2. The van der Waals surface area contributed by atoms with E-state index in [0.29, 0.717) is 17.6 Å². The number of methoxy groups -OCH3 is 2. The van der Waals surface area contributed by atoms with Gasteiger partial charge in [-0.15, -0.1) is 0 Å². The van der Waals surface area contributed by atoms with Gasteiger partial charge < -0.3 is 9.47 Å². The van der Waals surface area contributed by atoms with E-state index in [1.807, 2.05) is 26.0 Å². The molecular weight excluding hydrogens is 208 g/mol. The molecule has 16 heavy (non-hydrogen) atoms. The van der Waals surface area contributed by atoms with Crippen LogP contribution in [-0.4, -0.2) is 26.2 Å². The van der Waals surface area contributed by atoms with Crippen molar-refractivity contribution in [3.63, 3.8) is 0 Å². The van der Waals surface area contributed by atoms with E-state index in [1.165, 1.54) is 14.2 Å². The van der Waals surface area contributed by atoms with Gasteiger partial charge in [-0.2, -0.15) is 0 Å². The first-order chi connectivity index (χ1) is 7.44. The molecule has 0 heterocycles. The van der Waals surface area contributed by atoms with Crippen molar-refractivity contribution in [1.29, 1.82) is 0 Å². The molecule has 0 saturated carbocycles. The second-order valence-electron chi connectivity index (χ2n) is 4.16. The largest absolute Gasteiger partial charge is 0.466 e. The Morgan fingerprint density at radius 1 is 1.19 bits per heavy atom. The third kappa shape index (κ3) is 2.15. The van der Waals surface area contributed by atoms with Crippen LogP contribution in [0.5, 0.6) is 0 Å². The lowest BCUT2D eigenvalue weighted by atomic mass is 9.77. The lowest BCUT2D eigenvalue weighted by molar-refractivity contribution is -0.140. The Morgan fingerprint density at radius 2 is 1.75 bits per heavy atom. The molecule has 1 aliphatic carbocycles. The predicted octanol–water partition coefficient (Wildman–Crippen LogP) is 1.62. The fourth-order valence-electron chi connectivity index (χ4n) is 1.84. The summed E-state index contributed by atoms with van der Waals surface area (Å²) in [4.78, 5) is 23.3. The van der Waals surface area contributed by atoms with Gasteiger partial charge in [-0.25, -0.2) is 9.59 Å². The summed E-state index contributed by atoms with van der Waals surface area (Å²) in [5.74, 6) is -0.951. The van der Waals surface area contributed by atoms with Gasteiger partial charge in [-0.05, 0) is 6.42 Å². The summed E-state index contributed by atoms with van der Waals surface area (Å²) in [6.07, 6.45) is 4.16. The molecule has 1 aliphatic rings. The topological polar surface area (TPSA) is 52.6 Å². The van der Waals surface area contributed by atoms with E-state index in [1.54, 1.807) is 0 Å². The molecule has 0 spiro atoms. The van der Waals surface area contributed by atoms with Gasteiger partial charge >= 0.3 is 11.9 Å². The van der Waals surface area contributed by atoms with Crippen molar-refractivity contribution < 1.29 is 19.1 Å². The number of carbonyl (C=O) groups is 2. The lowest BCUT2D eigenvalue weighted by Gasteiger charge is -2.28. The Hall–Kier alpha value is -1.58. The standard InChI is InChI=1S/C12H16O4/c1-12(2)7-5-6-8(10(13)15-3)9(12)11(14)16-4/h5,7H,6H2,1-4H3. The molecule has 0 unspecified atom stereocenters. The van der Waals surface area contributed by atoms with Crippen LogP contribution in [0.4, 0.5) is 0 Å². The van der Waals surface area contributed by atoms with Gasteiger partial charge in [-0.1, -0.05) is 26.0 Å². The van der Waals surface area contributed by atoms with Crippen molar-refractivity contribution >= 4 is 11.9 Å². The number of ether oxygens (including phenoxy) is 2. The van der Waals surface area contributed by atoms with Crippen molar-refractivity contribution in [3.8, 4) is 0 Å². The number of carbonyl (C=O) groups excluding carboxylic acids is 2. The van der Waals surface area contributed by atoms with E-state index < -0.39 is 17.4 Å². The summed E-state index contributed by atoms with van der Waals surface area (Å²) >= 11 is 0. The summed E-state index contributed by atoms with van der Waals surface area (Å²) in [5, 5.41) is 0. The highest BCUT2D eigenvalue weighted by atomic mass is 16.5. The Bertz CT molecular complexity index is 374. The average Bonchev–Trinajstić information content (AvgIpc) is 2.25. The van der Waals surface area contributed by atoms with Crippen LogP contribution in [0.1, 0.15) is 20.3 Å². The second kappa shape index (κ2) is 4.51. The summed E-state index contributed by atoms with van der Waals surface area (Å²) in [5.41, 5.74) is 0.251. The minimum atomic E-state index is -0.505. The molecule has 0 aromatic rings. The molecule has 0 amide bonds. The van der Waals surface area contributed by atoms with Gasteiger partial charge in [0.25, 0.3) is 0 Å². The first-order valence-electron chi connectivity index (χ1n) is 5.02. The molecule has 0 saturated heterocycles. The molecule has 4 heteroatoms. The highest BCUT2D eigenvalue weighted by Gasteiger charge is 2.35. The van der Waals surface area contributed by atoms with Crippen molar-refractivity contribution in [2.45, 2.75) is 20.3 Å². The Kier molecular flexibility index (Phi) is 3.52. The number of hydrogen-bond donors (Lipinski definition) is 0. The highest BCUT2D eigenvalue weighted by Crippen LogP contribution is 2.36.